The van der Waals surface area contributed by atoms with Crippen LogP contribution in [0.3, 0.4) is 0 Å². The van der Waals surface area contributed by atoms with E-state index in [0.29, 0.717) is 34.4 Å². The normalized spacial score (nSPS) is 13.6. The molecule has 5 aromatic rings. The lowest BCUT2D eigenvalue weighted by molar-refractivity contribution is 0.578. The molecule has 0 aliphatic carbocycles. The Morgan fingerprint density at radius 1 is 0.838 bits per heavy atom. The molecule has 0 spiro atoms. The van der Waals surface area contributed by atoms with Gasteiger partial charge in [0.25, 0.3) is 0 Å². The molecule has 1 fully saturated rings. The summed E-state index contributed by atoms with van der Waals surface area (Å²) < 4.78 is 15.7. The summed E-state index contributed by atoms with van der Waals surface area (Å²) in [7, 11) is 0. The van der Waals surface area contributed by atoms with Gasteiger partial charge < -0.3 is 15.5 Å². The molecule has 186 valence electrons. The van der Waals surface area contributed by atoms with E-state index in [2.05, 4.69) is 49.8 Å². The number of imidazole rings is 1. The molecule has 37 heavy (non-hydrogen) atoms. The average molecular weight is 495 g/mol. The number of piperidine rings is 1. The summed E-state index contributed by atoms with van der Waals surface area (Å²) in [5.74, 6) is 1.19. The number of aromatic nitrogens is 5. The van der Waals surface area contributed by atoms with Gasteiger partial charge in [0.2, 0.25) is 5.95 Å². The number of rotatable bonds is 6. The second kappa shape index (κ2) is 9.85. The molecule has 4 heterocycles. The molecule has 0 amide bonds. The summed E-state index contributed by atoms with van der Waals surface area (Å²) in [5.41, 5.74) is 4.91. The van der Waals surface area contributed by atoms with E-state index < -0.39 is 0 Å². The van der Waals surface area contributed by atoms with Crippen molar-refractivity contribution in [2.75, 3.05) is 28.6 Å². The zero-order valence-electron chi connectivity index (χ0n) is 20.5. The number of benzene rings is 2. The number of hydrogen-bond donors (Lipinski definition) is 2. The molecule has 2 N–H and O–H groups in total. The van der Waals surface area contributed by atoms with Crippen molar-refractivity contribution in [1.29, 1.82) is 0 Å². The lowest BCUT2D eigenvalue weighted by Crippen LogP contribution is -2.29. The van der Waals surface area contributed by atoms with Gasteiger partial charge in [-0.15, -0.1) is 0 Å². The maximum atomic E-state index is 14.0. The van der Waals surface area contributed by atoms with Crippen LogP contribution in [0.1, 0.15) is 24.8 Å². The highest BCUT2D eigenvalue weighted by molar-refractivity contribution is 5.88. The molecule has 0 saturated carbocycles. The summed E-state index contributed by atoms with van der Waals surface area (Å²) in [6.45, 7) is 4.17. The van der Waals surface area contributed by atoms with E-state index in [1.54, 1.807) is 23.2 Å². The Morgan fingerprint density at radius 3 is 2.43 bits per heavy atom. The van der Waals surface area contributed by atoms with Gasteiger partial charge in [0.05, 0.1) is 5.69 Å². The van der Waals surface area contributed by atoms with E-state index in [-0.39, 0.29) is 5.82 Å². The van der Waals surface area contributed by atoms with Crippen molar-refractivity contribution in [2.45, 2.75) is 26.2 Å². The van der Waals surface area contributed by atoms with Crippen molar-refractivity contribution >= 4 is 40.1 Å². The maximum absolute atomic E-state index is 14.0. The van der Waals surface area contributed by atoms with E-state index >= 15 is 0 Å². The minimum atomic E-state index is -0.331. The minimum absolute atomic E-state index is 0.331. The van der Waals surface area contributed by atoms with Crippen LogP contribution >= 0.6 is 0 Å². The van der Waals surface area contributed by atoms with Crippen LogP contribution < -0.4 is 15.5 Å². The molecule has 1 saturated heterocycles. The Bertz CT molecular complexity index is 1520. The topological polar surface area (TPSA) is 83.8 Å². The van der Waals surface area contributed by atoms with Crippen LogP contribution in [-0.2, 0) is 0 Å². The summed E-state index contributed by atoms with van der Waals surface area (Å²) in [6, 6.07) is 18.5. The standard InChI is InChI=1S/C28H27FN8/c1-19-8-13-24(30-17-19)33-28-34-26(32-21-9-11-22(12-10-21)36-14-3-2-4-15-36)25-27(35-28)37(18-31-25)23-7-5-6-20(29)16-23/h5-13,16-18H,2-4,14-15H2,1H3,(H2,30,32,33,34,35). The highest BCUT2D eigenvalue weighted by Crippen LogP contribution is 2.29. The highest BCUT2D eigenvalue weighted by atomic mass is 19.1. The lowest BCUT2D eigenvalue weighted by atomic mass is 10.1. The number of halogens is 1. The van der Waals surface area contributed by atoms with Crippen LogP contribution in [0.25, 0.3) is 16.9 Å². The van der Waals surface area contributed by atoms with E-state index in [0.717, 1.165) is 24.3 Å². The smallest absolute Gasteiger partial charge is 0.232 e. The first-order valence-corrected chi connectivity index (χ1v) is 12.5. The molecule has 1 aliphatic rings. The van der Waals surface area contributed by atoms with Crippen molar-refractivity contribution in [3.05, 3.63) is 84.6 Å². The number of anilines is 5. The molecule has 0 bridgehead atoms. The van der Waals surface area contributed by atoms with Gasteiger partial charge in [-0.3, -0.25) is 4.57 Å². The molecule has 8 nitrogen and oxygen atoms in total. The van der Waals surface area contributed by atoms with Crippen molar-refractivity contribution < 1.29 is 4.39 Å². The molecular weight excluding hydrogens is 467 g/mol. The monoisotopic (exact) mass is 494 g/mol. The van der Waals surface area contributed by atoms with Crippen molar-refractivity contribution in [3.63, 3.8) is 0 Å². The minimum Gasteiger partial charge on any atom is -0.372 e. The third kappa shape index (κ3) is 4.93. The van der Waals surface area contributed by atoms with Crippen LogP contribution in [0.4, 0.5) is 33.3 Å². The molecule has 6 rings (SSSR count). The van der Waals surface area contributed by atoms with Crippen molar-refractivity contribution in [2.24, 2.45) is 0 Å². The Labute approximate surface area is 214 Å². The van der Waals surface area contributed by atoms with E-state index in [9.17, 15) is 4.39 Å². The Kier molecular flexibility index (Phi) is 6.10. The summed E-state index contributed by atoms with van der Waals surface area (Å²) in [6.07, 6.45) is 7.18. The van der Waals surface area contributed by atoms with Gasteiger partial charge in [0.1, 0.15) is 18.0 Å². The first-order chi connectivity index (χ1) is 18.1. The first-order valence-electron chi connectivity index (χ1n) is 12.5. The second-order valence-electron chi connectivity index (χ2n) is 9.23. The number of nitrogens with one attached hydrogen (secondary N) is 2. The summed E-state index contributed by atoms with van der Waals surface area (Å²) in [5, 5.41) is 6.59. The van der Waals surface area contributed by atoms with Crippen LogP contribution in [0, 0.1) is 12.7 Å². The van der Waals surface area contributed by atoms with E-state index in [1.807, 2.05) is 25.1 Å². The first kappa shape index (κ1) is 22.9. The molecule has 0 unspecified atom stereocenters. The lowest BCUT2D eigenvalue weighted by Gasteiger charge is -2.28. The number of hydrogen-bond acceptors (Lipinski definition) is 7. The third-order valence-electron chi connectivity index (χ3n) is 6.48. The number of pyridine rings is 1. The van der Waals surface area contributed by atoms with Gasteiger partial charge in [-0.1, -0.05) is 12.1 Å². The maximum Gasteiger partial charge on any atom is 0.232 e. The van der Waals surface area contributed by atoms with Crippen molar-refractivity contribution in [3.8, 4) is 5.69 Å². The molecule has 1 aliphatic heterocycles. The summed E-state index contributed by atoms with van der Waals surface area (Å²) in [4.78, 5) is 20.8. The fraction of sp³-hybridized carbons (Fsp3) is 0.214. The Morgan fingerprint density at radius 2 is 1.68 bits per heavy atom. The molecule has 2 aromatic carbocycles. The average Bonchev–Trinajstić information content (AvgIpc) is 3.35. The largest absolute Gasteiger partial charge is 0.372 e. The second-order valence-corrected chi connectivity index (χ2v) is 9.23. The van der Waals surface area contributed by atoms with Crippen LogP contribution in [-0.4, -0.2) is 37.6 Å². The number of fused-ring (bicyclic) bond motifs is 1. The highest BCUT2D eigenvalue weighted by Gasteiger charge is 2.16. The number of aryl methyl sites for hydroxylation is 1. The molecule has 3 aromatic heterocycles. The molecule has 0 radical (unpaired) electrons. The van der Waals surface area contributed by atoms with Gasteiger partial charge in [-0.2, -0.15) is 9.97 Å². The van der Waals surface area contributed by atoms with Gasteiger partial charge in [0.15, 0.2) is 17.0 Å². The van der Waals surface area contributed by atoms with Gasteiger partial charge >= 0.3 is 0 Å². The van der Waals surface area contributed by atoms with Gasteiger partial charge in [-0.25, -0.2) is 14.4 Å². The zero-order valence-corrected chi connectivity index (χ0v) is 20.5. The van der Waals surface area contributed by atoms with Crippen LogP contribution in [0.15, 0.2) is 73.2 Å². The zero-order chi connectivity index (χ0) is 25.2. The summed E-state index contributed by atoms with van der Waals surface area (Å²) >= 11 is 0. The molecular formula is C28H27FN8. The quantitative estimate of drug-likeness (QED) is 0.293. The Balaban J connectivity index is 1.37. The molecule has 9 heteroatoms. The number of nitrogens with zero attached hydrogens (tertiary/aromatic N) is 6. The van der Waals surface area contributed by atoms with E-state index in [1.165, 1.54) is 37.1 Å². The van der Waals surface area contributed by atoms with Crippen LogP contribution in [0.5, 0.6) is 0 Å². The predicted molar refractivity (Wildman–Crippen MR) is 145 cm³/mol. The van der Waals surface area contributed by atoms with Crippen molar-refractivity contribution in [1.82, 2.24) is 24.5 Å². The fourth-order valence-electron chi connectivity index (χ4n) is 4.56. The van der Waals surface area contributed by atoms with E-state index in [4.69, 9.17) is 9.97 Å². The fourth-order valence-corrected chi connectivity index (χ4v) is 4.56. The molecule has 0 atom stereocenters. The van der Waals surface area contributed by atoms with Gasteiger partial charge in [0, 0.05) is 30.7 Å². The van der Waals surface area contributed by atoms with Gasteiger partial charge in [-0.05, 0) is 80.3 Å². The third-order valence-corrected chi connectivity index (χ3v) is 6.48. The predicted octanol–water partition coefficient (Wildman–Crippen LogP) is 6.14. The SMILES string of the molecule is Cc1ccc(Nc2nc(Nc3ccc(N4CCCCC4)cc3)c3ncn(-c4cccc(F)c4)c3n2)nc1. The van der Waals surface area contributed by atoms with Crippen LogP contribution in [0.2, 0.25) is 0 Å². The Hall–Kier alpha value is -4.53.